The van der Waals surface area contributed by atoms with Gasteiger partial charge in [-0.15, -0.1) is 0 Å². The van der Waals surface area contributed by atoms with Crippen molar-refractivity contribution in [2.45, 2.75) is 64.1 Å². The summed E-state index contributed by atoms with van der Waals surface area (Å²) in [6.45, 7) is 4.82. The van der Waals surface area contributed by atoms with Crippen molar-refractivity contribution in [1.29, 1.82) is 5.26 Å². The molecule has 1 fully saturated rings. The smallest absolute Gasteiger partial charge is 0.107 e. The summed E-state index contributed by atoms with van der Waals surface area (Å²) >= 11 is 0. The first kappa shape index (κ1) is 22.1. The fourth-order valence-corrected chi connectivity index (χ4v) is 3.53. The van der Waals surface area contributed by atoms with Crippen LogP contribution in [0.4, 0.5) is 4.39 Å². The maximum absolute atomic E-state index is 13.5. The van der Waals surface area contributed by atoms with Crippen LogP contribution in [0.3, 0.4) is 0 Å². The molecule has 150 valence electrons. The topological polar surface area (TPSA) is 27.0 Å². The van der Waals surface area contributed by atoms with E-state index in [1.165, 1.54) is 23.6 Å². The molecule has 1 saturated carbocycles. The Morgan fingerprint density at radius 3 is 2.18 bits per heavy atom. The van der Waals surface area contributed by atoms with E-state index in [0.717, 1.165) is 38.6 Å². The number of nitrogens with zero attached hydrogens (tertiary/aromatic N) is 2. The minimum absolute atomic E-state index is 0.150. The number of nitriles is 1. The van der Waals surface area contributed by atoms with Crippen LogP contribution in [0.15, 0.2) is 54.6 Å². The molecule has 0 radical (unpaired) electrons. The number of hydrogen-bond acceptors (Lipinski definition) is 2. The van der Waals surface area contributed by atoms with Gasteiger partial charge in [-0.3, -0.25) is 0 Å². The van der Waals surface area contributed by atoms with E-state index in [9.17, 15) is 4.39 Å². The number of aryl methyl sites for hydroxylation is 1. The fourth-order valence-electron chi connectivity index (χ4n) is 3.53. The first-order valence-corrected chi connectivity index (χ1v) is 10.3. The van der Waals surface area contributed by atoms with Crippen LogP contribution in [0, 0.1) is 11.3 Å². The lowest BCUT2D eigenvalue weighted by atomic mass is 9.78. The van der Waals surface area contributed by atoms with Crippen molar-refractivity contribution in [1.82, 2.24) is 4.90 Å². The highest BCUT2D eigenvalue weighted by Crippen LogP contribution is 2.39. The summed E-state index contributed by atoms with van der Waals surface area (Å²) in [6, 6.07) is 21.6. The maximum atomic E-state index is 13.5. The van der Waals surface area contributed by atoms with Crippen LogP contribution in [-0.4, -0.2) is 30.7 Å². The number of hydrogen-bond donors (Lipinski definition) is 0. The third kappa shape index (κ3) is 6.77. The van der Waals surface area contributed by atoms with Crippen LogP contribution in [-0.2, 0) is 12.8 Å². The predicted molar refractivity (Wildman–Crippen MR) is 115 cm³/mol. The molecule has 28 heavy (non-hydrogen) atoms. The Morgan fingerprint density at radius 1 is 1.04 bits per heavy atom. The van der Waals surface area contributed by atoms with Crippen LogP contribution in [0.25, 0.3) is 0 Å². The molecule has 0 bridgehead atoms. The highest BCUT2D eigenvalue weighted by molar-refractivity contribution is 5.28. The van der Waals surface area contributed by atoms with Gasteiger partial charge in [0.25, 0.3) is 0 Å². The zero-order valence-electron chi connectivity index (χ0n) is 17.4. The first-order chi connectivity index (χ1) is 13.5. The van der Waals surface area contributed by atoms with Gasteiger partial charge in [0, 0.05) is 25.4 Å². The van der Waals surface area contributed by atoms with Crippen LogP contribution in [0.2, 0.25) is 0 Å². The number of rotatable bonds is 8. The molecule has 1 aliphatic carbocycles. The van der Waals surface area contributed by atoms with Gasteiger partial charge in [-0.1, -0.05) is 54.6 Å². The molecular weight excluding hydrogens is 347 g/mol. The Labute approximate surface area is 170 Å². The molecule has 2 aromatic carbocycles. The molecule has 0 aromatic heterocycles. The molecule has 0 aliphatic heterocycles. The molecule has 0 N–H and O–H groups in total. The minimum Gasteiger partial charge on any atom is -0.303 e. The van der Waals surface area contributed by atoms with E-state index in [-0.39, 0.29) is 5.92 Å². The zero-order valence-corrected chi connectivity index (χ0v) is 17.4. The summed E-state index contributed by atoms with van der Waals surface area (Å²) in [7, 11) is 2.22. The Balaban J connectivity index is 0.000000878. The predicted octanol–water partition coefficient (Wildman–Crippen LogP) is 5.93. The highest BCUT2D eigenvalue weighted by atomic mass is 19.1. The SMILES string of the molecule is CC#N.CC(CCc1ccc(C2CCC2F)cc1)N(C)CCc1ccccc1. The van der Waals surface area contributed by atoms with Crippen molar-refractivity contribution in [3.63, 3.8) is 0 Å². The van der Waals surface area contributed by atoms with E-state index < -0.39 is 6.17 Å². The number of benzene rings is 2. The Bertz CT molecular complexity index is 720. The van der Waals surface area contributed by atoms with Gasteiger partial charge in [0.05, 0.1) is 6.07 Å². The molecule has 1 aliphatic rings. The van der Waals surface area contributed by atoms with Crippen LogP contribution in [0.1, 0.15) is 55.7 Å². The number of likely N-dealkylation sites (N-methyl/N-ethyl adjacent to an activating group) is 1. The first-order valence-electron chi connectivity index (χ1n) is 10.3. The van der Waals surface area contributed by atoms with Crippen molar-refractivity contribution in [2.75, 3.05) is 13.6 Å². The molecule has 0 amide bonds. The molecule has 2 aromatic rings. The molecule has 0 saturated heterocycles. The van der Waals surface area contributed by atoms with Gasteiger partial charge in [0.15, 0.2) is 0 Å². The Kier molecular flexibility index (Phi) is 9.17. The average molecular weight is 381 g/mol. The molecule has 0 heterocycles. The molecule has 0 spiro atoms. The standard InChI is InChI=1S/C23H30FN.C2H3N/c1-18(25(2)17-16-19-6-4-3-5-7-19)8-9-20-10-12-21(13-11-20)22-14-15-23(22)24;1-2-3/h3-7,10-13,18,22-23H,8-9,14-17H2,1-2H3;1H3. The van der Waals surface area contributed by atoms with E-state index in [0.29, 0.717) is 6.04 Å². The number of halogens is 1. The van der Waals surface area contributed by atoms with Crippen molar-refractivity contribution >= 4 is 0 Å². The van der Waals surface area contributed by atoms with E-state index in [1.54, 1.807) is 6.07 Å². The van der Waals surface area contributed by atoms with Gasteiger partial charge in [0.2, 0.25) is 0 Å². The summed E-state index contributed by atoms with van der Waals surface area (Å²) in [6.07, 6.45) is 4.45. The Morgan fingerprint density at radius 2 is 1.64 bits per heavy atom. The van der Waals surface area contributed by atoms with Crippen molar-refractivity contribution in [3.8, 4) is 6.07 Å². The highest BCUT2D eigenvalue weighted by Gasteiger charge is 2.31. The van der Waals surface area contributed by atoms with Gasteiger partial charge in [-0.25, -0.2) is 4.39 Å². The summed E-state index contributed by atoms with van der Waals surface area (Å²) in [5.41, 5.74) is 3.94. The zero-order chi connectivity index (χ0) is 20.4. The average Bonchev–Trinajstić information content (AvgIpc) is 2.71. The van der Waals surface area contributed by atoms with Crippen LogP contribution < -0.4 is 0 Å². The van der Waals surface area contributed by atoms with Gasteiger partial charge in [-0.05, 0) is 62.8 Å². The lowest BCUT2D eigenvalue weighted by Gasteiger charge is -2.30. The quantitative estimate of drug-likeness (QED) is 0.568. The van der Waals surface area contributed by atoms with Gasteiger partial charge < -0.3 is 4.90 Å². The Hall–Kier alpha value is -2.18. The van der Waals surface area contributed by atoms with Crippen molar-refractivity contribution in [2.24, 2.45) is 0 Å². The summed E-state index contributed by atoms with van der Waals surface area (Å²) in [5.74, 6) is 0.150. The second-order valence-electron chi connectivity index (χ2n) is 7.77. The third-order valence-electron chi connectivity index (χ3n) is 5.80. The van der Waals surface area contributed by atoms with E-state index in [1.807, 2.05) is 0 Å². The van der Waals surface area contributed by atoms with Crippen LogP contribution in [0.5, 0.6) is 0 Å². The minimum atomic E-state index is -0.621. The molecule has 3 heteroatoms. The molecule has 2 nitrogen and oxygen atoms in total. The number of alkyl halides is 1. The lowest BCUT2D eigenvalue weighted by molar-refractivity contribution is 0.170. The van der Waals surface area contributed by atoms with E-state index in [2.05, 4.69) is 73.5 Å². The second-order valence-corrected chi connectivity index (χ2v) is 7.77. The van der Waals surface area contributed by atoms with Gasteiger partial charge >= 0.3 is 0 Å². The van der Waals surface area contributed by atoms with Crippen LogP contribution >= 0.6 is 0 Å². The van der Waals surface area contributed by atoms with E-state index >= 15 is 0 Å². The normalized spacial score (nSPS) is 19.1. The molecule has 3 atom stereocenters. The summed E-state index contributed by atoms with van der Waals surface area (Å²) in [4.78, 5) is 2.45. The maximum Gasteiger partial charge on any atom is 0.107 e. The summed E-state index contributed by atoms with van der Waals surface area (Å²) < 4.78 is 13.5. The largest absolute Gasteiger partial charge is 0.303 e. The molecule has 3 rings (SSSR count). The van der Waals surface area contributed by atoms with Gasteiger partial charge in [-0.2, -0.15) is 5.26 Å². The lowest BCUT2D eigenvalue weighted by Crippen LogP contribution is -2.31. The fraction of sp³-hybridized carbons (Fsp3) is 0.480. The molecular formula is C25H33FN2. The second kappa shape index (κ2) is 11.6. The van der Waals surface area contributed by atoms with E-state index in [4.69, 9.17) is 5.26 Å². The molecule has 3 unspecified atom stereocenters. The van der Waals surface area contributed by atoms with Crippen molar-refractivity contribution in [3.05, 3.63) is 71.3 Å². The van der Waals surface area contributed by atoms with Gasteiger partial charge in [0.1, 0.15) is 6.17 Å². The van der Waals surface area contributed by atoms with Crippen molar-refractivity contribution < 1.29 is 4.39 Å². The monoisotopic (exact) mass is 380 g/mol. The third-order valence-corrected chi connectivity index (χ3v) is 5.80. The summed E-state index contributed by atoms with van der Waals surface area (Å²) in [5, 5.41) is 7.32.